The standard InChI is InChI=1S/C11H15ClN2O2/c12-10-4-2-1-3-9(10)7-14-11(15)8-16-6-5-13/h1-4H,5-8,13H2,(H,14,15). The lowest BCUT2D eigenvalue weighted by atomic mass is 10.2. The van der Waals surface area contributed by atoms with Crippen LogP contribution in [0.25, 0.3) is 0 Å². The Bertz CT molecular complexity index is 345. The van der Waals surface area contributed by atoms with Crippen molar-refractivity contribution in [2.45, 2.75) is 6.54 Å². The SMILES string of the molecule is NCCOCC(=O)NCc1ccccc1Cl. The zero-order valence-corrected chi connectivity index (χ0v) is 9.67. The molecule has 0 saturated carbocycles. The molecule has 1 aromatic rings. The lowest BCUT2D eigenvalue weighted by Gasteiger charge is -2.07. The van der Waals surface area contributed by atoms with Crippen LogP contribution in [-0.2, 0) is 16.1 Å². The summed E-state index contributed by atoms with van der Waals surface area (Å²) in [6.07, 6.45) is 0. The molecule has 0 aliphatic rings. The van der Waals surface area contributed by atoms with E-state index in [0.29, 0.717) is 24.7 Å². The van der Waals surface area contributed by atoms with E-state index in [1.54, 1.807) is 6.07 Å². The van der Waals surface area contributed by atoms with Crippen LogP contribution in [0.3, 0.4) is 0 Å². The third-order valence-electron chi connectivity index (χ3n) is 1.93. The van der Waals surface area contributed by atoms with E-state index in [0.717, 1.165) is 5.56 Å². The molecule has 5 heteroatoms. The summed E-state index contributed by atoms with van der Waals surface area (Å²) in [4.78, 5) is 11.3. The normalized spacial score (nSPS) is 10.1. The number of carbonyl (C=O) groups excluding carboxylic acids is 1. The van der Waals surface area contributed by atoms with Crippen molar-refractivity contribution in [2.24, 2.45) is 5.73 Å². The minimum Gasteiger partial charge on any atom is -0.370 e. The van der Waals surface area contributed by atoms with Crippen molar-refractivity contribution < 1.29 is 9.53 Å². The second kappa shape index (κ2) is 7.22. The molecule has 0 bridgehead atoms. The Morgan fingerprint density at radius 1 is 1.44 bits per heavy atom. The van der Waals surface area contributed by atoms with Gasteiger partial charge in [-0.1, -0.05) is 29.8 Å². The molecule has 88 valence electrons. The Hall–Kier alpha value is -1.10. The molecule has 0 aromatic heterocycles. The Morgan fingerprint density at radius 2 is 2.19 bits per heavy atom. The van der Waals surface area contributed by atoms with Gasteiger partial charge in [-0.15, -0.1) is 0 Å². The summed E-state index contributed by atoms with van der Waals surface area (Å²) in [5.74, 6) is -0.173. The Kier molecular flexibility index (Phi) is 5.85. The maximum Gasteiger partial charge on any atom is 0.246 e. The summed E-state index contributed by atoms with van der Waals surface area (Å²) in [5.41, 5.74) is 6.11. The molecule has 0 radical (unpaired) electrons. The van der Waals surface area contributed by atoms with Gasteiger partial charge in [-0.05, 0) is 11.6 Å². The highest BCUT2D eigenvalue weighted by Crippen LogP contribution is 2.13. The Labute approximate surface area is 99.7 Å². The van der Waals surface area contributed by atoms with Crippen LogP contribution in [0.5, 0.6) is 0 Å². The molecule has 1 amide bonds. The molecule has 3 N–H and O–H groups in total. The smallest absolute Gasteiger partial charge is 0.246 e. The van der Waals surface area contributed by atoms with Gasteiger partial charge >= 0.3 is 0 Å². The number of hydrogen-bond donors (Lipinski definition) is 2. The fourth-order valence-electron chi connectivity index (χ4n) is 1.13. The molecule has 0 unspecified atom stereocenters. The molecule has 0 atom stereocenters. The van der Waals surface area contributed by atoms with Gasteiger partial charge in [0.15, 0.2) is 0 Å². The molecule has 0 aliphatic carbocycles. The quantitative estimate of drug-likeness (QED) is 0.730. The van der Waals surface area contributed by atoms with Crippen molar-refractivity contribution in [3.8, 4) is 0 Å². The lowest BCUT2D eigenvalue weighted by molar-refractivity contribution is -0.125. The van der Waals surface area contributed by atoms with Crippen LogP contribution in [0.2, 0.25) is 5.02 Å². The average molecular weight is 243 g/mol. The monoisotopic (exact) mass is 242 g/mol. The number of benzene rings is 1. The van der Waals surface area contributed by atoms with E-state index >= 15 is 0 Å². The molecule has 1 rings (SSSR count). The molecule has 0 spiro atoms. The second-order valence-electron chi connectivity index (χ2n) is 3.21. The Balaban J connectivity index is 2.29. The maximum absolute atomic E-state index is 11.3. The third-order valence-corrected chi connectivity index (χ3v) is 2.30. The number of hydrogen-bond acceptors (Lipinski definition) is 3. The highest BCUT2D eigenvalue weighted by molar-refractivity contribution is 6.31. The fraction of sp³-hybridized carbons (Fsp3) is 0.364. The van der Waals surface area contributed by atoms with Crippen LogP contribution in [0, 0.1) is 0 Å². The summed E-state index contributed by atoms with van der Waals surface area (Å²) >= 11 is 5.94. The van der Waals surface area contributed by atoms with Crippen LogP contribution in [-0.4, -0.2) is 25.7 Å². The van der Waals surface area contributed by atoms with Gasteiger partial charge < -0.3 is 15.8 Å². The topological polar surface area (TPSA) is 64.3 Å². The third kappa shape index (κ3) is 4.61. The number of nitrogens with one attached hydrogen (secondary N) is 1. The molecule has 4 nitrogen and oxygen atoms in total. The molecule has 0 heterocycles. The minimum atomic E-state index is -0.173. The first-order chi connectivity index (χ1) is 7.74. The fourth-order valence-corrected chi connectivity index (χ4v) is 1.34. The predicted molar refractivity (Wildman–Crippen MR) is 63.2 cm³/mol. The number of nitrogens with two attached hydrogens (primary N) is 1. The molecule has 16 heavy (non-hydrogen) atoms. The van der Waals surface area contributed by atoms with Crippen molar-refractivity contribution in [1.29, 1.82) is 0 Å². The van der Waals surface area contributed by atoms with Crippen LogP contribution in [0.4, 0.5) is 0 Å². The number of rotatable bonds is 6. The zero-order chi connectivity index (χ0) is 11.8. The number of amides is 1. The van der Waals surface area contributed by atoms with E-state index in [-0.39, 0.29) is 12.5 Å². The molecular formula is C11H15ClN2O2. The van der Waals surface area contributed by atoms with Gasteiger partial charge in [-0.2, -0.15) is 0 Å². The van der Waals surface area contributed by atoms with Gasteiger partial charge in [0.05, 0.1) is 6.61 Å². The summed E-state index contributed by atoms with van der Waals surface area (Å²) in [6.45, 7) is 1.24. The highest BCUT2D eigenvalue weighted by Gasteiger charge is 2.03. The number of halogens is 1. The lowest BCUT2D eigenvalue weighted by Crippen LogP contribution is -2.28. The zero-order valence-electron chi connectivity index (χ0n) is 8.91. The Morgan fingerprint density at radius 3 is 2.88 bits per heavy atom. The molecule has 0 aliphatic heterocycles. The first-order valence-electron chi connectivity index (χ1n) is 5.02. The first-order valence-corrected chi connectivity index (χ1v) is 5.39. The minimum absolute atomic E-state index is 0.0294. The van der Waals surface area contributed by atoms with Gasteiger partial charge in [0.2, 0.25) is 5.91 Å². The van der Waals surface area contributed by atoms with Gasteiger partial charge in [-0.3, -0.25) is 4.79 Å². The summed E-state index contributed by atoms with van der Waals surface area (Å²) < 4.78 is 4.99. The van der Waals surface area contributed by atoms with Gasteiger partial charge in [-0.25, -0.2) is 0 Å². The number of carbonyl (C=O) groups is 1. The molecule has 0 fully saturated rings. The van der Waals surface area contributed by atoms with Crippen molar-refractivity contribution in [3.05, 3.63) is 34.9 Å². The van der Waals surface area contributed by atoms with E-state index in [9.17, 15) is 4.79 Å². The summed E-state index contributed by atoms with van der Waals surface area (Å²) in [6, 6.07) is 7.37. The van der Waals surface area contributed by atoms with E-state index in [1.165, 1.54) is 0 Å². The van der Waals surface area contributed by atoms with E-state index in [1.807, 2.05) is 18.2 Å². The first kappa shape index (κ1) is 13.0. The van der Waals surface area contributed by atoms with E-state index in [4.69, 9.17) is 22.1 Å². The molecule has 0 saturated heterocycles. The van der Waals surface area contributed by atoms with Gasteiger partial charge in [0.1, 0.15) is 6.61 Å². The largest absolute Gasteiger partial charge is 0.370 e. The molecule has 1 aromatic carbocycles. The summed E-state index contributed by atoms with van der Waals surface area (Å²) in [5, 5.41) is 3.35. The van der Waals surface area contributed by atoms with Crippen molar-refractivity contribution in [2.75, 3.05) is 19.8 Å². The second-order valence-corrected chi connectivity index (χ2v) is 3.62. The van der Waals surface area contributed by atoms with E-state index in [2.05, 4.69) is 5.32 Å². The predicted octanol–water partition coefficient (Wildman–Crippen LogP) is 0.932. The average Bonchev–Trinajstić information content (AvgIpc) is 2.28. The number of ether oxygens (including phenoxy) is 1. The van der Waals surface area contributed by atoms with Gasteiger partial charge in [0, 0.05) is 18.1 Å². The van der Waals surface area contributed by atoms with Crippen LogP contribution in [0.15, 0.2) is 24.3 Å². The summed E-state index contributed by atoms with van der Waals surface area (Å²) in [7, 11) is 0. The van der Waals surface area contributed by atoms with E-state index < -0.39 is 0 Å². The van der Waals surface area contributed by atoms with Crippen LogP contribution < -0.4 is 11.1 Å². The molecular weight excluding hydrogens is 228 g/mol. The van der Waals surface area contributed by atoms with Crippen LogP contribution in [0.1, 0.15) is 5.56 Å². The van der Waals surface area contributed by atoms with Gasteiger partial charge in [0.25, 0.3) is 0 Å². The van der Waals surface area contributed by atoms with Crippen LogP contribution >= 0.6 is 11.6 Å². The van der Waals surface area contributed by atoms with Crippen molar-refractivity contribution in [1.82, 2.24) is 5.32 Å². The highest BCUT2D eigenvalue weighted by atomic mass is 35.5. The van der Waals surface area contributed by atoms with Crippen molar-refractivity contribution >= 4 is 17.5 Å². The maximum atomic E-state index is 11.3. The van der Waals surface area contributed by atoms with Crippen molar-refractivity contribution in [3.63, 3.8) is 0 Å².